The van der Waals surface area contributed by atoms with Crippen molar-refractivity contribution in [1.29, 1.82) is 0 Å². The van der Waals surface area contributed by atoms with Crippen molar-refractivity contribution in [2.75, 3.05) is 6.61 Å². The summed E-state index contributed by atoms with van der Waals surface area (Å²) in [5.74, 6) is -0.351. The molecule has 5 nitrogen and oxygen atoms in total. The first kappa shape index (κ1) is 21.8. The molecule has 3 aromatic carbocycles. The van der Waals surface area contributed by atoms with Crippen LogP contribution in [-0.4, -0.2) is 22.1 Å². The van der Waals surface area contributed by atoms with Crippen LogP contribution in [0.4, 0.5) is 0 Å². The molecule has 0 aliphatic rings. The molecular formula is C28H22N2O3S. The predicted molar refractivity (Wildman–Crippen MR) is 136 cm³/mol. The summed E-state index contributed by atoms with van der Waals surface area (Å²) in [5, 5.41) is 2.62. The van der Waals surface area contributed by atoms with Gasteiger partial charge in [0.2, 0.25) is 0 Å². The van der Waals surface area contributed by atoms with Crippen LogP contribution >= 0.6 is 11.3 Å². The van der Waals surface area contributed by atoms with Crippen molar-refractivity contribution in [3.63, 3.8) is 0 Å². The Labute approximate surface area is 200 Å². The van der Waals surface area contributed by atoms with Gasteiger partial charge in [-0.2, -0.15) is 0 Å². The quantitative estimate of drug-likeness (QED) is 0.287. The van der Waals surface area contributed by atoms with Crippen LogP contribution in [-0.2, 0) is 11.3 Å². The molecule has 5 rings (SSSR count). The number of thiophene rings is 1. The maximum atomic E-state index is 13.4. The molecular weight excluding hydrogens is 444 g/mol. The molecule has 34 heavy (non-hydrogen) atoms. The first-order valence-corrected chi connectivity index (χ1v) is 11.9. The van der Waals surface area contributed by atoms with Gasteiger partial charge < -0.3 is 4.74 Å². The van der Waals surface area contributed by atoms with Crippen molar-refractivity contribution in [1.82, 2.24) is 9.55 Å². The number of hydrogen-bond donors (Lipinski definition) is 0. The average Bonchev–Trinajstić information content (AvgIpc) is 3.32. The number of carbonyl (C=O) groups excluding carboxylic acids is 1. The Morgan fingerprint density at radius 1 is 0.912 bits per heavy atom. The molecule has 0 bridgehead atoms. The van der Waals surface area contributed by atoms with E-state index in [1.54, 1.807) is 30.0 Å². The maximum Gasteiger partial charge on any atom is 0.338 e. The van der Waals surface area contributed by atoms with Crippen LogP contribution in [0, 0.1) is 0 Å². The number of fused-ring (bicyclic) bond motifs is 1. The summed E-state index contributed by atoms with van der Waals surface area (Å²) in [4.78, 5) is 30.5. The van der Waals surface area contributed by atoms with Crippen molar-refractivity contribution in [2.24, 2.45) is 0 Å². The van der Waals surface area contributed by atoms with E-state index in [0.717, 1.165) is 32.6 Å². The lowest BCUT2D eigenvalue weighted by Crippen LogP contribution is -2.21. The van der Waals surface area contributed by atoms with Gasteiger partial charge in [-0.3, -0.25) is 9.36 Å². The van der Waals surface area contributed by atoms with Gasteiger partial charge in [-0.25, -0.2) is 9.78 Å². The minimum atomic E-state index is -0.351. The lowest BCUT2D eigenvalue weighted by atomic mass is 10.0. The topological polar surface area (TPSA) is 61.2 Å². The molecule has 0 aliphatic carbocycles. The molecule has 6 heteroatoms. The fourth-order valence-corrected chi connectivity index (χ4v) is 4.83. The van der Waals surface area contributed by atoms with Gasteiger partial charge >= 0.3 is 5.97 Å². The van der Waals surface area contributed by atoms with Gasteiger partial charge in [0.15, 0.2) is 0 Å². The molecule has 0 saturated carbocycles. The van der Waals surface area contributed by atoms with E-state index in [2.05, 4.69) is 41.4 Å². The number of ether oxygens (including phenoxy) is 1. The second-order valence-corrected chi connectivity index (χ2v) is 8.73. The molecule has 0 saturated heterocycles. The molecule has 0 radical (unpaired) electrons. The third-order valence-corrected chi connectivity index (χ3v) is 6.57. The second-order valence-electron chi connectivity index (χ2n) is 7.87. The first-order valence-electron chi connectivity index (χ1n) is 11.0. The van der Waals surface area contributed by atoms with E-state index in [9.17, 15) is 9.59 Å². The summed E-state index contributed by atoms with van der Waals surface area (Å²) in [6, 6.07) is 25.6. The molecule has 2 aromatic heterocycles. The summed E-state index contributed by atoms with van der Waals surface area (Å²) in [6.45, 7) is 2.48. The van der Waals surface area contributed by atoms with Crippen LogP contribution in [0.25, 0.3) is 32.5 Å². The molecule has 0 aliphatic heterocycles. The minimum absolute atomic E-state index is 0.0807. The molecule has 0 atom stereocenters. The van der Waals surface area contributed by atoms with Gasteiger partial charge in [-0.05, 0) is 41.3 Å². The lowest BCUT2D eigenvalue weighted by molar-refractivity contribution is 0.0526. The maximum absolute atomic E-state index is 13.4. The first-order chi connectivity index (χ1) is 16.6. The van der Waals surface area contributed by atoms with Gasteiger partial charge in [0, 0.05) is 10.9 Å². The molecule has 0 fully saturated rings. The second kappa shape index (κ2) is 9.45. The van der Waals surface area contributed by atoms with E-state index in [1.165, 1.54) is 11.3 Å². The van der Waals surface area contributed by atoms with Crippen molar-refractivity contribution in [2.45, 2.75) is 13.5 Å². The van der Waals surface area contributed by atoms with Gasteiger partial charge in [-0.15, -0.1) is 11.3 Å². The highest BCUT2D eigenvalue weighted by molar-refractivity contribution is 7.17. The van der Waals surface area contributed by atoms with Gasteiger partial charge in [0.1, 0.15) is 4.83 Å². The SMILES string of the molecule is CCOC(=O)c1ccc(Cn2cnc3scc(-c4ccc(-c5ccccc5)cc4)c3c2=O)cc1. The third kappa shape index (κ3) is 4.28. The zero-order chi connectivity index (χ0) is 23.5. The summed E-state index contributed by atoms with van der Waals surface area (Å²) in [5.41, 5.74) is 5.48. The molecule has 0 N–H and O–H groups in total. The Bertz CT molecular complexity index is 1500. The number of hydrogen-bond acceptors (Lipinski definition) is 5. The fraction of sp³-hybridized carbons (Fsp3) is 0.107. The van der Waals surface area contributed by atoms with Crippen LogP contribution in [0.1, 0.15) is 22.8 Å². The number of aromatic nitrogens is 2. The highest BCUT2D eigenvalue weighted by atomic mass is 32.1. The molecule has 5 aromatic rings. The Morgan fingerprint density at radius 2 is 1.59 bits per heavy atom. The van der Waals surface area contributed by atoms with Crippen LogP contribution < -0.4 is 5.56 Å². The molecule has 0 amide bonds. The third-order valence-electron chi connectivity index (χ3n) is 5.68. The van der Waals surface area contributed by atoms with E-state index < -0.39 is 0 Å². The lowest BCUT2D eigenvalue weighted by Gasteiger charge is -2.08. The molecule has 0 unspecified atom stereocenters. The highest BCUT2D eigenvalue weighted by Gasteiger charge is 2.14. The van der Waals surface area contributed by atoms with Crippen molar-refractivity contribution < 1.29 is 9.53 Å². The van der Waals surface area contributed by atoms with Crippen LogP contribution in [0.3, 0.4) is 0 Å². The summed E-state index contributed by atoms with van der Waals surface area (Å²) in [7, 11) is 0. The van der Waals surface area contributed by atoms with Crippen molar-refractivity contribution >= 4 is 27.5 Å². The zero-order valence-electron chi connectivity index (χ0n) is 18.6. The highest BCUT2D eigenvalue weighted by Crippen LogP contribution is 2.32. The molecule has 0 spiro atoms. The van der Waals surface area contributed by atoms with E-state index in [-0.39, 0.29) is 11.5 Å². The van der Waals surface area contributed by atoms with Gasteiger partial charge in [0.25, 0.3) is 5.56 Å². The van der Waals surface area contributed by atoms with E-state index in [0.29, 0.717) is 24.1 Å². The average molecular weight is 467 g/mol. The summed E-state index contributed by atoms with van der Waals surface area (Å²) >= 11 is 1.47. The standard InChI is InChI=1S/C28H22N2O3S/c1-2-33-28(32)23-10-8-19(9-11-23)16-30-18-29-26-25(27(30)31)24(17-34-26)22-14-12-21(13-15-22)20-6-4-3-5-7-20/h3-15,17-18H,2,16H2,1H3. The normalized spacial score (nSPS) is 11.0. The molecule has 2 heterocycles. The smallest absolute Gasteiger partial charge is 0.338 e. The number of benzene rings is 3. The Balaban J connectivity index is 1.45. The Hall–Kier alpha value is -4.03. The number of carbonyl (C=O) groups is 1. The number of nitrogens with zero attached hydrogens (tertiary/aromatic N) is 2. The largest absolute Gasteiger partial charge is 0.462 e. The van der Waals surface area contributed by atoms with Crippen LogP contribution in [0.5, 0.6) is 0 Å². The van der Waals surface area contributed by atoms with Crippen molar-refractivity contribution in [3.05, 3.63) is 112 Å². The number of esters is 1. The Kier molecular flexibility index (Phi) is 6.06. The van der Waals surface area contributed by atoms with Gasteiger partial charge in [-0.1, -0.05) is 66.7 Å². The number of rotatable bonds is 6. The fourth-order valence-electron chi connectivity index (χ4n) is 3.92. The summed E-state index contributed by atoms with van der Waals surface area (Å²) < 4.78 is 6.64. The van der Waals surface area contributed by atoms with Crippen LogP contribution in [0.15, 0.2) is 95.4 Å². The molecule has 168 valence electrons. The van der Waals surface area contributed by atoms with E-state index in [4.69, 9.17) is 4.74 Å². The minimum Gasteiger partial charge on any atom is -0.462 e. The Morgan fingerprint density at radius 3 is 2.29 bits per heavy atom. The predicted octanol–water partition coefficient (Wildman–Crippen LogP) is 6.02. The monoisotopic (exact) mass is 466 g/mol. The van der Waals surface area contributed by atoms with Gasteiger partial charge in [0.05, 0.1) is 30.4 Å². The summed E-state index contributed by atoms with van der Waals surface area (Å²) in [6.07, 6.45) is 1.59. The van der Waals surface area contributed by atoms with E-state index in [1.807, 2.05) is 35.7 Å². The van der Waals surface area contributed by atoms with E-state index >= 15 is 0 Å². The van der Waals surface area contributed by atoms with Crippen LogP contribution in [0.2, 0.25) is 0 Å². The zero-order valence-corrected chi connectivity index (χ0v) is 19.4. The van der Waals surface area contributed by atoms with Crippen molar-refractivity contribution in [3.8, 4) is 22.3 Å².